The third-order valence-electron chi connectivity index (χ3n) is 4.02. The SMILES string of the molecule is COc1cc(C(=N)N)ccc1-c1cn(-c2cc(C(=N)N)ccc2OC)nn1. The van der Waals surface area contributed by atoms with Crippen LogP contribution >= 0.6 is 0 Å². The van der Waals surface area contributed by atoms with Gasteiger partial charge in [-0.3, -0.25) is 10.8 Å². The van der Waals surface area contributed by atoms with Crippen LogP contribution in [0.1, 0.15) is 11.1 Å². The molecule has 0 aliphatic carbocycles. The standard InChI is InChI=1S/C18H19N7O2/c1-26-15-6-4-10(17(19)20)7-14(15)25-9-13(23-24-25)12-5-3-11(18(21)22)8-16(12)27-2/h3-9H,1-2H3,(H3,19,20)(H3,21,22). The van der Waals surface area contributed by atoms with E-state index in [2.05, 4.69) is 10.3 Å². The minimum absolute atomic E-state index is 0.0470. The molecule has 0 saturated carbocycles. The van der Waals surface area contributed by atoms with Crippen LogP contribution in [0, 0.1) is 10.8 Å². The van der Waals surface area contributed by atoms with E-state index in [4.69, 9.17) is 31.8 Å². The van der Waals surface area contributed by atoms with E-state index in [-0.39, 0.29) is 11.7 Å². The molecule has 2 aromatic carbocycles. The number of hydrogen-bond acceptors (Lipinski definition) is 6. The number of nitrogens with one attached hydrogen (secondary N) is 2. The van der Waals surface area contributed by atoms with Crippen molar-refractivity contribution in [3.8, 4) is 28.4 Å². The lowest BCUT2D eigenvalue weighted by Crippen LogP contribution is -2.12. The molecule has 0 radical (unpaired) electrons. The summed E-state index contributed by atoms with van der Waals surface area (Å²) >= 11 is 0. The molecule has 138 valence electrons. The van der Waals surface area contributed by atoms with Gasteiger partial charge in [-0.2, -0.15) is 0 Å². The van der Waals surface area contributed by atoms with Gasteiger partial charge in [0.15, 0.2) is 0 Å². The van der Waals surface area contributed by atoms with Gasteiger partial charge in [-0.15, -0.1) is 5.10 Å². The lowest BCUT2D eigenvalue weighted by molar-refractivity contribution is 0.411. The van der Waals surface area contributed by atoms with Crippen LogP contribution in [0.25, 0.3) is 16.9 Å². The van der Waals surface area contributed by atoms with Crippen LogP contribution in [-0.2, 0) is 0 Å². The lowest BCUT2D eigenvalue weighted by Gasteiger charge is -2.10. The highest BCUT2D eigenvalue weighted by Crippen LogP contribution is 2.31. The van der Waals surface area contributed by atoms with Crippen LogP contribution in [0.2, 0.25) is 0 Å². The fourth-order valence-corrected chi connectivity index (χ4v) is 2.61. The Morgan fingerprint density at radius 3 is 2.19 bits per heavy atom. The molecule has 0 fully saturated rings. The minimum Gasteiger partial charge on any atom is -0.496 e. The van der Waals surface area contributed by atoms with Gasteiger partial charge in [0.2, 0.25) is 0 Å². The predicted octanol–water partition coefficient (Wildman–Crippen LogP) is 1.52. The molecule has 3 aromatic rings. The van der Waals surface area contributed by atoms with Gasteiger partial charge in [0, 0.05) is 16.7 Å². The summed E-state index contributed by atoms with van der Waals surface area (Å²) in [5, 5.41) is 23.5. The van der Waals surface area contributed by atoms with Gasteiger partial charge < -0.3 is 20.9 Å². The van der Waals surface area contributed by atoms with Crippen molar-refractivity contribution in [2.45, 2.75) is 0 Å². The maximum absolute atomic E-state index is 7.62. The lowest BCUT2D eigenvalue weighted by atomic mass is 10.1. The smallest absolute Gasteiger partial charge is 0.144 e. The number of nitrogens with two attached hydrogens (primary N) is 2. The first-order valence-electron chi connectivity index (χ1n) is 7.92. The van der Waals surface area contributed by atoms with E-state index >= 15 is 0 Å². The molecule has 9 nitrogen and oxygen atoms in total. The average Bonchev–Trinajstić information content (AvgIpc) is 3.16. The molecular formula is C18H19N7O2. The number of nitrogens with zero attached hydrogens (tertiary/aromatic N) is 3. The van der Waals surface area contributed by atoms with E-state index in [1.54, 1.807) is 54.4 Å². The summed E-state index contributed by atoms with van der Waals surface area (Å²) < 4.78 is 12.3. The average molecular weight is 365 g/mol. The van der Waals surface area contributed by atoms with Crippen LogP contribution in [-0.4, -0.2) is 40.9 Å². The van der Waals surface area contributed by atoms with Crippen molar-refractivity contribution >= 4 is 11.7 Å². The van der Waals surface area contributed by atoms with E-state index in [1.165, 1.54) is 7.11 Å². The molecule has 0 amide bonds. The Kier molecular flexibility index (Phi) is 4.75. The largest absolute Gasteiger partial charge is 0.496 e. The third-order valence-corrected chi connectivity index (χ3v) is 4.02. The van der Waals surface area contributed by atoms with Crippen molar-refractivity contribution in [1.29, 1.82) is 10.8 Å². The summed E-state index contributed by atoms with van der Waals surface area (Å²) in [5.41, 5.74) is 14.1. The number of aromatic nitrogens is 3. The maximum Gasteiger partial charge on any atom is 0.144 e. The number of hydrogen-bond donors (Lipinski definition) is 4. The Labute approximate surface area is 155 Å². The fourth-order valence-electron chi connectivity index (χ4n) is 2.61. The molecule has 0 aliphatic rings. The van der Waals surface area contributed by atoms with E-state index in [9.17, 15) is 0 Å². The van der Waals surface area contributed by atoms with Crippen LogP contribution in [0.3, 0.4) is 0 Å². The van der Waals surface area contributed by atoms with Gasteiger partial charge in [-0.05, 0) is 30.3 Å². The summed E-state index contributed by atoms with van der Waals surface area (Å²) in [7, 11) is 3.08. The Morgan fingerprint density at radius 1 is 0.926 bits per heavy atom. The van der Waals surface area contributed by atoms with E-state index in [0.717, 1.165) is 0 Å². The van der Waals surface area contributed by atoms with Crippen LogP contribution in [0.4, 0.5) is 0 Å². The van der Waals surface area contributed by atoms with Gasteiger partial charge in [-0.25, -0.2) is 4.68 Å². The first-order chi connectivity index (χ1) is 12.9. The second-order valence-electron chi connectivity index (χ2n) is 5.68. The highest BCUT2D eigenvalue weighted by atomic mass is 16.5. The molecule has 0 atom stereocenters. The number of amidine groups is 2. The molecule has 0 saturated heterocycles. The van der Waals surface area contributed by atoms with Crippen molar-refractivity contribution < 1.29 is 9.47 Å². The zero-order valence-corrected chi connectivity index (χ0v) is 14.9. The summed E-state index contributed by atoms with van der Waals surface area (Å²) in [6, 6.07) is 10.3. The molecule has 1 aromatic heterocycles. The number of nitrogen functional groups attached to an aromatic ring is 2. The van der Waals surface area contributed by atoms with Gasteiger partial charge in [0.05, 0.1) is 20.4 Å². The zero-order chi connectivity index (χ0) is 19.6. The summed E-state index contributed by atoms with van der Waals surface area (Å²) in [4.78, 5) is 0. The molecule has 3 rings (SSSR count). The van der Waals surface area contributed by atoms with Crippen molar-refractivity contribution in [3.63, 3.8) is 0 Å². The van der Waals surface area contributed by atoms with Crippen molar-refractivity contribution in [3.05, 3.63) is 53.7 Å². The van der Waals surface area contributed by atoms with Crippen molar-refractivity contribution in [2.24, 2.45) is 11.5 Å². The summed E-state index contributed by atoms with van der Waals surface area (Å²) in [5.74, 6) is 0.990. The highest BCUT2D eigenvalue weighted by molar-refractivity contribution is 5.96. The molecule has 0 unspecified atom stereocenters. The number of rotatable bonds is 6. The van der Waals surface area contributed by atoms with Crippen LogP contribution < -0.4 is 20.9 Å². The highest BCUT2D eigenvalue weighted by Gasteiger charge is 2.15. The van der Waals surface area contributed by atoms with Gasteiger partial charge in [0.1, 0.15) is 34.6 Å². The zero-order valence-electron chi connectivity index (χ0n) is 14.9. The molecular weight excluding hydrogens is 346 g/mol. The first-order valence-corrected chi connectivity index (χ1v) is 7.92. The number of methoxy groups -OCH3 is 2. The van der Waals surface area contributed by atoms with E-state index in [0.29, 0.717) is 39.6 Å². The second kappa shape index (κ2) is 7.16. The van der Waals surface area contributed by atoms with Crippen molar-refractivity contribution in [1.82, 2.24) is 15.0 Å². The number of ether oxygens (including phenoxy) is 2. The van der Waals surface area contributed by atoms with Gasteiger partial charge in [0.25, 0.3) is 0 Å². The Hall–Kier alpha value is -3.88. The fraction of sp³-hybridized carbons (Fsp3) is 0.111. The number of benzene rings is 2. The van der Waals surface area contributed by atoms with Crippen molar-refractivity contribution in [2.75, 3.05) is 14.2 Å². The van der Waals surface area contributed by atoms with Crippen LogP contribution in [0.5, 0.6) is 11.5 Å². The van der Waals surface area contributed by atoms with Gasteiger partial charge in [-0.1, -0.05) is 11.3 Å². The Bertz CT molecular complexity index is 1030. The molecule has 27 heavy (non-hydrogen) atoms. The third kappa shape index (κ3) is 3.43. The van der Waals surface area contributed by atoms with E-state index < -0.39 is 0 Å². The quantitative estimate of drug-likeness (QED) is 0.384. The summed E-state index contributed by atoms with van der Waals surface area (Å²) in [6.45, 7) is 0. The molecule has 6 N–H and O–H groups in total. The normalized spacial score (nSPS) is 10.4. The van der Waals surface area contributed by atoms with Gasteiger partial charge >= 0.3 is 0 Å². The second-order valence-corrected chi connectivity index (χ2v) is 5.68. The Morgan fingerprint density at radius 2 is 1.56 bits per heavy atom. The minimum atomic E-state index is -0.0549. The monoisotopic (exact) mass is 365 g/mol. The molecule has 0 bridgehead atoms. The molecule has 1 heterocycles. The Balaban J connectivity index is 2.07. The molecule has 9 heteroatoms. The molecule has 0 aliphatic heterocycles. The van der Waals surface area contributed by atoms with E-state index in [1.807, 2.05) is 0 Å². The topological polar surface area (TPSA) is 149 Å². The maximum atomic E-state index is 7.62. The predicted molar refractivity (Wildman–Crippen MR) is 102 cm³/mol. The first kappa shape index (κ1) is 17.9. The van der Waals surface area contributed by atoms with Crippen LogP contribution in [0.15, 0.2) is 42.6 Å². The summed E-state index contributed by atoms with van der Waals surface area (Å²) in [6.07, 6.45) is 1.72. The molecule has 0 spiro atoms.